The maximum atomic E-state index is 13.0. The summed E-state index contributed by atoms with van der Waals surface area (Å²) in [7, 11) is 0. The lowest BCUT2D eigenvalue weighted by atomic mass is 10.0. The normalized spacial score (nSPS) is 19.2. The van der Waals surface area contributed by atoms with E-state index >= 15 is 0 Å². The number of nitrogens with zero attached hydrogens (tertiary/aromatic N) is 3. The first-order valence-corrected chi connectivity index (χ1v) is 9.37. The van der Waals surface area contributed by atoms with Crippen LogP contribution in [0.4, 0.5) is 0 Å². The SMILES string of the molecule is Cc1cc(C(=O)N2CCCC(N3CCNCC3=O)C2)nc2[nH]c(=O)[nH]c(=O)c12.Cl.Cl. The molecule has 0 aliphatic carbocycles. The van der Waals surface area contributed by atoms with Gasteiger partial charge in [0.25, 0.3) is 11.5 Å². The molecule has 2 fully saturated rings. The second-order valence-electron chi connectivity index (χ2n) is 7.27. The summed E-state index contributed by atoms with van der Waals surface area (Å²) in [5, 5.41) is 3.32. The summed E-state index contributed by atoms with van der Waals surface area (Å²) in [4.78, 5) is 61.2. The van der Waals surface area contributed by atoms with Crippen LogP contribution in [0.25, 0.3) is 11.0 Å². The molecule has 0 saturated carbocycles. The number of nitrogens with one attached hydrogen (secondary N) is 3. The van der Waals surface area contributed by atoms with E-state index in [1.165, 1.54) is 0 Å². The third-order valence-corrected chi connectivity index (χ3v) is 5.37. The minimum atomic E-state index is -0.663. The molecule has 2 aromatic rings. The molecule has 1 atom stereocenters. The van der Waals surface area contributed by atoms with Crippen molar-refractivity contribution in [2.45, 2.75) is 25.8 Å². The van der Waals surface area contributed by atoms with Gasteiger partial charge in [-0.1, -0.05) is 0 Å². The van der Waals surface area contributed by atoms with E-state index in [-0.39, 0.29) is 59.4 Å². The number of likely N-dealkylation sites (tertiary alicyclic amines) is 1. The highest BCUT2D eigenvalue weighted by Gasteiger charge is 2.32. The molecule has 0 spiro atoms. The van der Waals surface area contributed by atoms with E-state index in [0.717, 1.165) is 19.4 Å². The molecule has 0 aromatic carbocycles. The van der Waals surface area contributed by atoms with Gasteiger partial charge in [0.2, 0.25) is 5.91 Å². The van der Waals surface area contributed by atoms with E-state index < -0.39 is 11.2 Å². The zero-order valence-electron chi connectivity index (χ0n) is 16.4. The topological polar surface area (TPSA) is 131 Å². The average molecular weight is 459 g/mol. The minimum Gasteiger partial charge on any atom is -0.336 e. The first-order valence-electron chi connectivity index (χ1n) is 9.37. The number of H-pyrrole nitrogens is 2. The third kappa shape index (κ3) is 4.50. The molecule has 2 saturated heterocycles. The minimum absolute atomic E-state index is 0. The van der Waals surface area contributed by atoms with Crippen molar-refractivity contribution >= 4 is 47.7 Å². The van der Waals surface area contributed by atoms with E-state index in [1.54, 1.807) is 17.9 Å². The highest BCUT2D eigenvalue weighted by atomic mass is 35.5. The molecule has 10 nitrogen and oxygen atoms in total. The van der Waals surface area contributed by atoms with Crippen molar-refractivity contribution in [1.29, 1.82) is 0 Å². The molecule has 2 aliphatic heterocycles. The van der Waals surface area contributed by atoms with Crippen molar-refractivity contribution in [3.8, 4) is 0 Å². The van der Waals surface area contributed by atoms with Crippen LogP contribution in [0.3, 0.4) is 0 Å². The molecule has 2 aliphatic rings. The van der Waals surface area contributed by atoms with Gasteiger partial charge < -0.3 is 15.1 Å². The number of amides is 2. The lowest BCUT2D eigenvalue weighted by molar-refractivity contribution is -0.135. The van der Waals surface area contributed by atoms with Gasteiger partial charge in [0.05, 0.1) is 11.9 Å². The fraction of sp³-hybridized carbons (Fsp3) is 0.500. The van der Waals surface area contributed by atoms with Gasteiger partial charge in [0, 0.05) is 32.2 Å². The van der Waals surface area contributed by atoms with Crippen LogP contribution in [-0.4, -0.2) is 75.3 Å². The Kier molecular flexibility index (Phi) is 7.62. The molecule has 0 radical (unpaired) electrons. The Labute approximate surface area is 184 Å². The van der Waals surface area contributed by atoms with Crippen LogP contribution in [-0.2, 0) is 4.79 Å². The Balaban J connectivity index is 0.00000160. The summed E-state index contributed by atoms with van der Waals surface area (Å²) in [6.07, 6.45) is 1.67. The average Bonchev–Trinajstić information content (AvgIpc) is 2.67. The predicted octanol–water partition coefficient (Wildman–Crippen LogP) is -0.200. The standard InChI is InChI=1S/C18H22N6O4.2ClH/c1-10-7-12(20-15-14(10)16(26)22-18(28)21-15)17(27)23-5-2-3-11(9-23)24-6-4-19-8-13(24)25;;/h7,11,19H,2-6,8-9H2,1H3,(H2,20,21,22,26,28);2*1H. The van der Waals surface area contributed by atoms with Crippen molar-refractivity contribution in [1.82, 2.24) is 30.1 Å². The fourth-order valence-corrected chi connectivity index (χ4v) is 4.03. The van der Waals surface area contributed by atoms with E-state index in [2.05, 4.69) is 20.3 Å². The summed E-state index contributed by atoms with van der Waals surface area (Å²) < 4.78 is 0. The molecule has 0 bridgehead atoms. The first kappa shape index (κ1) is 23.8. The van der Waals surface area contributed by atoms with Crippen molar-refractivity contribution in [3.05, 3.63) is 38.2 Å². The number of carbonyl (C=O) groups excluding carboxylic acids is 2. The van der Waals surface area contributed by atoms with Gasteiger partial charge in [0.1, 0.15) is 11.3 Å². The predicted molar refractivity (Wildman–Crippen MR) is 116 cm³/mol. The number of aromatic amines is 2. The first-order chi connectivity index (χ1) is 13.4. The number of halogens is 2. The van der Waals surface area contributed by atoms with Crippen LogP contribution in [0.5, 0.6) is 0 Å². The molecule has 164 valence electrons. The number of carbonyl (C=O) groups is 2. The Bertz CT molecular complexity index is 1070. The number of fused-ring (bicyclic) bond motifs is 1. The van der Waals surface area contributed by atoms with Crippen molar-refractivity contribution in [2.75, 3.05) is 32.7 Å². The van der Waals surface area contributed by atoms with Crippen molar-refractivity contribution in [2.24, 2.45) is 0 Å². The molecule has 12 heteroatoms. The monoisotopic (exact) mass is 458 g/mol. The summed E-state index contributed by atoms with van der Waals surface area (Å²) in [6.45, 7) is 4.46. The number of piperidine rings is 1. The van der Waals surface area contributed by atoms with Crippen molar-refractivity contribution in [3.63, 3.8) is 0 Å². The summed E-state index contributed by atoms with van der Waals surface area (Å²) in [5.41, 5.74) is -0.347. The van der Waals surface area contributed by atoms with E-state index in [0.29, 0.717) is 31.7 Å². The Morgan fingerprint density at radius 1 is 1.17 bits per heavy atom. The van der Waals surface area contributed by atoms with Crippen LogP contribution in [0.15, 0.2) is 15.7 Å². The lowest BCUT2D eigenvalue weighted by Gasteiger charge is -2.41. The maximum Gasteiger partial charge on any atom is 0.327 e. The third-order valence-electron chi connectivity index (χ3n) is 5.37. The molecule has 3 N–H and O–H groups in total. The number of aromatic nitrogens is 3. The largest absolute Gasteiger partial charge is 0.336 e. The quantitative estimate of drug-likeness (QED) is 0.570. The van der Waals surface area contributed by atoms with Crippen molar-refractivity contribution < 1.29 is 9.59 Å². The Morgan fingerprint density at radius 3 is 2.67 bits per heavy atom. The Morgan fingerprint density at radius 2 is 1.93 bits per heavy atom. The number of hydrogen-bond acceptors (Lipinski definition) is 6. The van der Waals surface area contributed by atoms with Crippen LogP contribution in [0, 0.1) is 6.92 Å². The number of aryl methyl sites for hydroxylation is 1. The van der Waals surface area contributed by atoms with E-state index in [4.69, 9.17) is 0 Å². The van der Waals surface area contributed by atoms with Crippen LogP contribution < -0.4 is 16.6 Å². The number of rotatable bonds is 2. The summed E-state index contributed by atoms with van der Waals surface area (Å²) in [6, 6.07) is 1.56. The van der Waals surface area contributed by atoms with Crippen LogP contribution in [0.1, 0.15) is 28.9 Å². The Hall–Kier alpha value is -2.43. The molecule has 2 aromatic heterocycles. The summed E-state index contributed by atoms with van der Waals surface area (Å²) >= 11 is 0. The molecule has 4 rings (SSSR count). The zero-order chi connectivity index (χ0) is 19.8. The van der Waals surface area contributed by atoms with Crippen LogP contribution >= 0.6 is 24.8 Å². The van der Waals surface area contributed by atoms with Gasteiger partial charge in [-0.25, -0.2) is 9.78 Å². The lowest BCUT2D eigenvalue weighted by Crippen LogP contribution is -2.57. The van der Waals surface area contributed by atoms with E-state index in [9.17, 15) is 19.2 Å². The number of hydrogen-bond donors (Lipinski definition) is 3. The number of piperazine rings is 1. The van der Waals surface area contributed by atoms with Crippen LogP contribution in [0.2, 0.25) is 0 Å². The van der Waals surface area contributed by atoms with Gasteiger partial charge in [-0.3, -0.25) is 24.4 Å². The highest BCUT2D eigenvalue weighted by Crippen LogP contribution is 2.20. The molecule has 2 amide bonds. The second-order valence-corrected chi connectivity index (χ2v) is 7.27. The van der Waals surface area contributed by atoms with Gasteiger partial charge >= 0.3 is 5.69 Å². The smallest absolute Gasteiger partial charge is 0.327 e. The second kappa shape index (κ2) is 9.59. The zero-order valence-corrected chi connectivity index (χ0v) is 18.0. The van der Waals surface area contributed by atoms with Gasteiger partial charge in [0.15, 0.2) is 0 Å². The molecular weight excluding hydrogens is 435 g/mol. The molecule has 4 heterocycles. The fourth-order valence-electron chi connectivity index (χ4n) is 4.03. The number of pyridine rings is 1. The maximum absolute atomic E-state index is 13.0. The molecular formula is C18H24Cl2N6O4. The van der Waals surface area contributed by atoms with Gasteiger partial charge in [-0.2, -0.15) is 0 Å². The van der Waals surface area contributed by atoms with Gasteiger partial charge in [-0.15, -0.1) is 24.8 Å². The van der Waals surface area contributed by atoms with Gasteiger partial charge in [-0.05, 0) is 31.4 Å². The molecule has 1 unspecified atom stereocenters. The summed E-state index contributed by atoms with van der Waals surface area (Å²) in [5.74, 6) is -0.208. The highest BCUT2D eigenvalue weighted by molar-refractivity contribution is 5.95. The molecule has 30 heavy (non-hydrogen) atoms. The van der Waals surface area contributed by atoms with E-state index in [1.807, 2.05) is 4.90 Å².